The quantitative estimate of drug-likeness (QED) is 0.363. The summed E-state index contributed by atoms with van der Waals surface area (Å²) in [5.74, 6) is 2.67. The second kappa shape index (κ2) is 8.10. The topological polar surface area (TPSA) is 50.4 Å². The van der Waals surface area contributed by atoms with Gasteiger partial charge in [-0.2, -0.15) is 0 Å². The van der Waals surface area contributed by atoms with Crippen LogP contribution < -0.4 is 11.1 Å². The van der Waals surface area contributed by atoms with E-state index < -0.39 is 0 Å². The van der Waals surface area contributed by atoms with E-state index in [1.165, 1.54) is 25.0 Å². The van der Waals surface area contributed by atoms with Crippen molar-refractivity contribution in [2.45, 2.75) is 37.8 Å². The smallest absolute Gasteiger partial charge is 0.190 e. The normalized spacial score (nSPS) is 17.1. The Morgan fingerprint density at radius 1 is 1.35 bits per heavy atom. The molecule has 1 saturated carbocycles. The van der Waals surface area contributed by atoms with Gasteiger partial charge in [-0.1, -0.05) is 30.9 Å². The number of guanidine groups is 1. The lowest BCUT2D eigenvalue weighted by Crippen LogP contribution is -2.35. The van der Waals surface area contributed by atoms with Crippen LogP contribution in [0.1, 0.15) is 37.3 Å². The van der Waals surface area contributed by atoms with E-state index >= 15 is 0 Å². The number of aliphatic imine (C=N–C) groups is 1. The standard InChI is InChI=1S/C15H18FN3.HI/c1-2-14(11-7-9-12(16)10-8-11)19-15(17)18-13-5-3-4-6-13;/h1,7-10,13-14H,3-6H2,(H3,17,18,19);1H. The molecular weight excluding hydrogens is 368 g/mol. The number of rotatable bonds is 3. The molecule has 1 fully saturated rings. The van der Waals surface area contributed by atoms with Crippen molar-refractivity contribution in [1.29, 1.82) is 0 Å². The Balaban J connectivity index is 0.00000200. The zero-order chi connectivity index (χ0) is 13.7. The SMILES string of the molecule is C#CC(NC(N)=NC1CCCC1)c1ccc(F)cc1.I. The molecule has 2 rings (SSSR count). The number of hydrogen-bond donors (Lipinski definition) is 2. The maximum Gasteiger partial charge on any atom is 0.190 e. The van der Waals surface area contributed by atoms with E-state index in [1.54, 1.807) is 12.1 Å². The summed E-state index contributed by atoms with van der Waals surface area (Å²) in [7, 11) is 0. The Hall–Kier alpha value is -1.29. The first-order valence-electron chi connectivity index (χ1n) is 6.50. The Morgan fingerprint density at radius 3 is 2.50 bits per heavy atom. The van der Waals surface area contributed by atoms with Gasteiger partial charge in [0.15, 0.2) is 5.96 Å². The van der Waals surface area contributed by atoms with Crippen LogP contribution in [-0.2, 0) is 0 Å². The Kier molecular flexibility index (Phi) is 6.79. The van der Waals surface area contributed by atoms with Crippen LogP contribution in [0.15, 0.2) is 29.3 Å². The highest BCUT2D eigenvalue weighted by molar-refractivity contribution is 14.0. The predicted octanol–water partition coefficient (Wildman–Crippen LogP) is 2.96. The maximum atomic E-state index is 12.9. The van der Waals surface area contributed by atoms with Gasteiger partial charge in [0.1, 0.15) is 11.9 Å². The van der Waals surface area contributed by atoms with Crippen molar-refractivity contribution >= 4 is 29.9 Å². The summed E-state index contributed by atoms with van der Waals surface area (Å²) in [6.07, 6.45) is 10.1. The Bertz CT molecular complexity index is 487. The second-order valence-corrected chi connectivity index (χ2v) is 4.75. The molecule has 108 valence electrons. The minimum Gasteiger partial charge on any atom is -0.370 e. The van der Waals surface area contributed by atoms with Crippen molar-refractivity contribution in [3.63, 3.8) is 0 Å². The summed E-state index contributed by atoms with van der Waals surface area (Å²) >= 11 is 0. The molecule has 0 amide bonds. The van der Waals surface area contributed by atoms with Crippen LogP contribution >= 0.6 is 24.0 Å². The molecule has 20 heavy (non-hydrogen) atoms. The van der Waals surface area contributed by atoms with Crippen molar-refractivity contribution in [3.05, 3.63) is 35.6 Å². The summed E-state index contributed by atoms with van der Waals surface area (Å²) in [4.78, 5) is 4.42. The molecule has 0 aromatic heterocycles. The van der Waals surface area contributed by atoms with E-state index in [0.29, 0.717) is 12.0 Å². The molecule has 3 N–H and O–H groups in total. The zero-order valence-corrected chi connectivity index (χ0v) is 13.5. The van der Waals surface area contributed by atoms with Crippen LogP contribution in [0.5, 0.6) is 0 Å². The third-order valence-electron chi connectivity index (χ3n) is 3.31. The van der Waals surface area contributed by atoms with Crippen LogP contribution in [0.4, 0.5) is 4.39 Å². The number of nitrogens with two attached hydrogens (primary N) is 1. The van der Waals surface area contributed by atoms with Gasteiger partial charge < -0.3 is 11.1 Å². The Morgan fingerprint density at radius 2 is 1.95 bits per heavy atom. The lowest BCUT2D eigenvalue weighted by molar-refractivity contribution is 0.626. The number of terminal acetylenes is 1. The van der Waals surface area contributed by atoms with Crippen LogP contribution in [0.3, 0.4) is 0 Å². The number of nitrogens with one attached hydrogen (secondary N) is 1. The molecule has 1 aliphatic rings. The molecular formula is C15H19FIN3. The van der Waals surface area contributed by atoms with E-state index in [0.717, 1.165) is 18.4 Å². The fraction of sp³-hybridized carbons (Fsp3) is 0.400. The molecule has 0 bridgehead atoms. The largest absolute Gasteiger partial charge is 0.370 e. The molecule has 0 saturated heterocycles. The molecule has 1 unspecified atom stereocenters. The van der Waals surface area contributed by atoms with E-state index in [1.807, 2.05) is 0 Å². The minimum absolute atomic E-state index is 0. The van der Waals surface area contributed by atoms with Crippen molar-refractivity contribution in [1.82, 2.24) is 5.32 Å². The highest BCUT2D eigenvalue weighted by Crippen LogP contribution is 2.21. The third kappa shape index (κ3) is 4.67. The average Bonchev–Trinajstić information content (AvgIpc) is 2.90. The summed E-state index contributed by atoms with van der Waals surface area (Å²) in [6, 6.07) is 5.98. The van der Waals surface area contributed by atoms with Gasteiger partial charge >= 0.3 is 0 Å². The molecule has 3 nitrogen and oxygen atoms in total. The monoisotopic (exact) mass is 387 g/mol. The first-order chi connectivity index (χ1) is 9.19. The zero-order valence-electron chi connectivity index (χ0n) is 11.2. The van der Waals surface area contributed by atoms with Crippen LogP contribution in [0, 0.1) is 18.2 Å². The molecule has 1 aromatic carbocycles. The van der Waals surface area contributed by atoms with Crippen molar-refractivity contribution in [2.24, 2.45) is 10.7 Å². The van der Waals surface area contributed by atoms with Gasteiger partial charge in [0.05, 0.1) is 6.04 Å². The van der Waals surface area contributed by atoms with Crippen molar-refractivity contribution in [2.75, 3.05) is 0 Å². The van der Waals surface area contributed by atoms with E-state index in [2.05, 4.69) is 16.2 Å². The van der Waals surface area contributed by atoms with Crippen LogP contribution in [-0.4, -0.2) is 12.0 Å². The predicted molar refractivity (Wildman–Crippen MR) is 90.4 cm³/mol. The average molecular weight is 387 g/mol. The van der Waals surface area contributed by atoms with Gasteiger partial charge in [-0.3, -0.25) is 4.99 Å². The van der Waals surface area contributed by atoms with Crippen LogP contribution in [0.25, 0.3) is 0 Å². The molecule has 0 aliphatic heterocycles. The molecule has 1 aliphatic carbocycles. The van der Waals surface area contributed by atoms with Gasteiger partial charge in [-0.15, -0.1) is 30.4 Å². The highest BCUT2D eigenvalue weighted by Gasteiger charge is 2.15. The molecule has 1 aromatic rings. The molecule has 0 radical (unpaired) electrons. The lowest BCUT2D eigenvalue weighted by Gasteiger charge is -2.15. The molecule has 1 atom stereocenters. The van der Waals surface area contributed by atoms with E-state index in [9.17, 15) is 4.39 Å². The fourth-order valence-corrected chi connectivity index (χ4v) is 2.29. The number of benzene rings is 1. The van der Waals surface area contributed by atoms with Gasteiger partial charge in [-0.05, 0) is 30.5 Å². The van der Waals surface area contributed by atoms with E-state index in [-0.39, 0.29) is 35.8 Å². The van der Waals surface area contributed by atoms with Crippen molar-refractivity contribution in [3.8, 4) is 12.3 Å². The van der Waals surface area contributed by atoms with Gasteiger partial charge in [-0.25, -0.2) is 4.39 Å². The lowest BCUT2D eigenvalue weighted by atomic mass is 10.1. The fourth-order valence-electron chi connectivity index (χ4n) is 2.29. The van der Waals surface area contributed by atoms with Gasteiger partial charge in [0.2, 0.25) is 0 Å². The third-order valence-corrected chi connectivity index (χ3v) is 3.31. The molecule has 5 heteroatoms. The summed E-state index contributed by atoms with van der Waals surface area (Å²) in [5.41, 5.74) is 6.67. The van der Waals surface area contributed by atoms with E-state index in [4.69, 9.17) is 12.2 Å². The summed E-state index contributed by atoms with van der Waals surface area (Å²) < 4.78 is 12.9. The van der Waals surface area contributed by atoms with Crippen molar-refractivity contribution < 1.29 is 4.39 Å². The number of nitrogens with zero attached hydrogens (tertiary/aromatic N) is 1. The second-order valence-electron chi connectivity index (χ2n) is 4.75. The summed E-state index contributed by atoms with van der Waals surface area (Å²) in [6.45, 7) is 0. The first kappa shape index (κ1) is 16.8. The Labute approximate surface area is 136 Å². The van der Waals surface area contributed by atoms with Crippen LogP contribution in [0.2, 0.25) is 0 Å². The highest BCUT2D eigenvalue weighted by atomic mass is 127. The molecule has 0 spiro atoms. The number of halogens is 2. The first-order valence-corrected chi connectivity index (χ1v) is 6.50. The minimum atomic E-state index is -0.384. The molecule has 0 heterocycles. The maximum absolute atomic E-state index is 12.9. The van der Waals surface area contributed by atoms with Gasteiger partial charge in [0.25, 0.3) is 0 Å². The number of hydrogen-bond acceptors (Lipinski definition) is 1. The summed E-state index contributed by atoms with van der Waals surface area (Å²) in [5, 5.41) is 3.00. The van der Waals surface area contributed by atoms with Gasteiger partial charge in [0, 0.05) is 0 Å².